The maximum Gasteiger partial charge on any atom is 0.253 e. The summed E-state index contributed by atoms with van der Waals surface area (Å²) in [5.74, 6) is 0.0745. The molecule has 1 saturated carbocycles. The van der Waals surface area contributed by atoms with Gasteiger partial charge in [0.15, 0.2) is 0 Å². The molecule has 1 aliphatic carbocycles. The van der Waals surface area contributed by atoms with Gasteiger partial charge in [-0.1, -0.05) is 6.92 Å². The normalized spacial score (nSPS) is 21.8. The van der Waals surface area contributed by atoms with Gasteiger partial charge in [0.1, 0.15) is 11.6 Å². The Morgan fingerprint density at radius 2 is 2.27 bits per heavy atom. The van der Waals surface area contributed by atoms with Crippen molar-refractivity contribution < 1.29 is 14.3 Å². The number of hydrogen-bond acceptors (Lipinski definition) is 6. The van der Waals surface area contributed by atoms with Gasteiger partial charge in [-0.2, -0.15) is 0 Å². The topological polar surface area (TPSA) is 81.5 Å². The number of rotatable bonds is 9. The molecule has 3 heterocycles. The molecule has 1 N–H and O–H groups in total. The zero-order chi connectivity index (χ0) is 21.1. The maximum absolute atomic E-state index is 13.2. The number of hydrogen-bond donors (Lipinski definition) is 1. The van der Waals surface area contributed by atoms with Gasteiger partial charge >= 0.3 is 0 Å². The van der Waals surface area contributed by atoms with E-state index >= 15 is 0 Å². The second-order valence-electron chi connectivity index (χ2n) is 8.39. The summed E-state index contributed by atoms with van der Waals surface area (Å²) in [5.41, 5.74) is 3.95. The van der Waals surface area contributed by atoms with E-state index in [1.807, 2.05) is 11.2 Å². The van der Waals surface area contributed by atoms with E-state index in [-0.39, 0.29) is 11.9 Å². The van der Waals surface area contributed by atoms with Crippen LogP contribution < -0.4 is 5.32 Å². The van der Waals surface area contributed by atoms with Gasteiger partial charge in [0.2, 0.25) is 0 Å². The first-order valence-corrected chi connectivity index (χ1v) is 11.1. The number of carbonyl (C=O) groups is 1. The Morgan fingerprint density at radius 1 is 1.43 bits per heavy atom. The van der Waals surface area contributed by atoms with E-state index < -0.39 is 6.10 Å². The fourth-order valence-electron chi connectivity index (χ4n) is 4.04. The number of amides is 1. The molecule has 4 rings (SSSR count). The van der Waals surface area contributed by atoms with Gasteiger partial charge in [-0.15, -0.1) is 0 Å². The van der Waals surface area contributed by atoms with Crippen LogP contribution in [0.15, 0.2) is 12.4 Å². The highest BCUT2D eigenvalue weighted by atomic mass is 16.5. The van der Waals surface area contributed by atoms with Crippen molar-refractivity contribution in [3.63, 3.8) is 0 Å². The van der Waals surface area contributed by atoms with E-state index in [9.17, 15) is 4.79 Å². The Balaban J connectivity index is 1.56. The Morgan fingerprint density at radius 3 is 2.93 bits per heavy atom. The van der Waals surface area contributed by atoms with Gasteiger partial charge in [0, 0.05) is 38.9 Å². The van der Waals surface area contributed by atoms with Crippen molar-refractivity contribution >= 4 is 16.9 Å². The smallest absolute Gasteiger partial charge is 0.253 e. The fourth-order valence-corrected chi connectivity index (χ4v) is 4.04. The largest absolute Gasteiger partial charge is 0.385 e. The summed E-state index contributed by atoms with van der Waals surface area (Å²) in [6, 6.07) is 2.69. The van der Waals surface area contributed by atoms with Gasteiger partial charge in [0.05, 0.1) is 36.4 Å². The fraction of sp³-hybridized carbons (Fsp3) is 0.682. The van der Waals surface area contributed by atoms with Crippen molar-refractivity contribution in [2.75, 3.05) is 26.9 Å². The van der Waals surface area contributed by atoms with E-state index in [1.54, 1.807) is 7.11 Å². The Labute approximate surface area is 177 Å². The summed E-state index contributed by atoms with van der Waals surface area (Å²) < 4.78 is 13.2. The van der Waals surface area contributed by atoms with E-state index in [4.69, 9.17) is 14.5 Å². The van der Waals surface area contributed by atoms with Crippen LogP contribution in [0.5, 0.6) is 0 Å². The molecule has 2 aromatic heterocycles. The number of nitrogens with one attached hydrogen (secondary N) is 1. The molecule has 8 heteroatoms. The summed E-state index contributed by atoms with van der Waals surface area (Å²) in [7, 11) is 1.72. The zero-order valence-corrected chi connectivity index (χ0v) is 18.3. The number of morpholine rings is 1. The third kappa shape index (κ3) is 4.66. The number of pyridine rings is 1. The predicted octanol–water partition coefficient (Wildman–Crippen LogP) is 1.90. The first-order chi connectivity index (χ1) is 14.6. The Bertz CT molecular complexity index is 871. The lowest BCUT2D eigenvalue weighted by Gasteiger charge is -2.32. The van der Waals surface area contributed by atoms with Crippen LogP contribution in [0.4, 0.5) is 0 Å². The Kier molecular flexibility index (Phi) is 6.65. The number of ether oxygens (including phenoxy) is 2. The zero-order valence-electron chi connectivity index (χ0n) is 18.3. The monoisotopic (exact) mass is 415 g/mol. The molecule has 2 aromatic rings. The van der Waals surface area contributed by atoms with Crippen LogP contribution in [-0.2, 0) is 33.8 Å². The van der Waals surface area contributed by atoms with Crippen LogP contribution in [-0.4, -0.2) is 70.4 Å². The number of carbonyl (C=O) groups excluding carboxylic acids is 1. The van der Waals surface area contributed by atoms with Gasteiger partial charge in [-0.05, 0) is 38.7 Å². The van der Waals surface area contributed by atoms with Crippen molar-refractivity contribution in [3.8, 4) is 0 Å². The van der Waals surface area contributed by atoms with Crippen molar-refractivity contribution in [1.29, 1.82) is 0 Å². The van der Waals surface area contributed by atoms with Crippen molar-refractivity contribution in [2.45, 2.75) is 70.8 Å². The van der Waals surface area contributed by atoms with Crippen LogP contribution in [0.3, 0.4) is 0 Å². The highest BCUT2D eigenvalue weighted by Crippen LogP contribution is 2.30. The van der Waals surface area contributed by atoms with Gasteiger partial charge in [-0.25, -0.2) is 4.98 Å². The molecule has 1 aliphatic heterocycles. The SMILES string of the molecule is CCc1nc(CN(C(=O)[C@H]2CN[C@@H](C)CO2)C2CC2)cc2c1ncn2CCCOC. The molecule has 1 saturated heterocycles. The molecule has 2 atom stereocenters. The quantitative estimate of drug-likeness (QED) is 0.630. The van der Waals surface area contributed by atoms with Crippen molar-refractivity contribution in [2.24, 2.45) is 0 Å². The number of aromatic nitrogens is 3. The summed E-state index contributed by atoms with van der Waals surface area (Å²) >= 11 is 0. The number of imidazole rings is 1. The molecule has 2 fully saturated rings. The summed E-state index contributed by atoms with van der Waals surface area (Å²) in [5, 5.41) is 3.35. The average Bonchev–Trinajstić information content (AvgIpc) is 3.52. The third-order valence-electron chi connectivity index (χ3n) is 5.89. The van der Waals surface area contributed by atoms with Crippen LogP contribution in [0, 0.1) is 0 Å². The van der Waals surface area contributed by atoms with E-state index in [2.05, 4.69) is 34.8 Å². The number of aryl methyl sites for hydroxylation is 2. The molecule has 1 amide bonds. The molecule has 0 aromatic carbocycles. The molecule has 30 heavy (non-hydrogen) atoms. The van der Waals surface area contributed by atoms with E-state index in [0.29, 0.717) is 25.7 Å². The molecule has 0 bridgehead atoms. The second-order valence-corrected chi connectivity index (χ2v) is 8.39. The second kappa shape index (κ2) is 9.41. The van der Waals surface area contributed by atoms with Crippen molar-refractivity contribution in [1.82, 2.24) is 24.8 Å². The molecule has 2 aliphatic rings. The van der Waals surface area contributed by atoms with Crippen LogP contribution in [0.25, 0.3) is 11.0 Å². The molecular formula is C22H33N5O3. The number of nitrogens with zero attached hydrogens (tertiary/aromatic N) is 4. The first kappa shape index (κ1) is 21.2. The lowest BCUT2D eigenvalue weighted by atomic mass is 10.2. The van der Waals surface area contributed by atoms with Crippen LogP contribution in [0.2, 0.25) is 0 Å². The molecule has 8 nitrogen and oxygen atoms in total. The van der Waals surface area contributed by atoms with E-state index in [0.717, 1.165) is 61.3 Å². The minimum Gasteiger partial charge on any atom is -0.385 e. The highest BCUT2D eigenvalue weighted by Gasteiger charge is 2.37. The molecule has 0 radical (unpaired) electrons. The van der Waals surface area contributed by atoms with Crippen molar-refractivity contribution in [3.05, 3.63) is 23.8 Å². The standard InChI is InChI=1S/C22H33N5O3/c1-4-18-21-19(26(14-24-21)8-5-9-29-3)10-16(25-18)12-27(17-6-7-17)22(28)20-11-23-15(2)13-30-20/h10,14-15,17,20,23H,4-9,11-13H2,1-3H3/t15-,20+/m0/s1. The summed E-state index contributed by atoms with van der Waals surface area (Å²) in [4.78, 5) is 24.6. The lowest BCUT2D eigenvalue weighted by Crippen LogP contribution is -2.52. The minimum atomic E-state index is -0.407. The third-order valence-corrected chi connectivity index (χ3v) is 5.89. The molecule has 0 unspecified atom stereocenters. The van der Waals surface area contributed by atoms with Gasteiger partial charge in [-0.3, -0.25) is 9.78 Å². The average molecular weight is 416 g/mol. The van der Waals surface area contributed by atoms with E-state index in [1.165, 1.54) is 0 Å². The molecular weight excluding hydrogens is 382 g/mol. The highest BCUT2D eigenvalue weighted by molar-refractivity contribution is 5.82. The summed E-state index contributed by atoms with van der Waals surface area (Å²) in [6.45, 7) is 7.40. The van der Waals surface area contributed by atoms with Crippen LogP contribution in [0.1, 0.15) is 44.5 Å². The lowest BCUT2D eigenvalue weighted by molar-refractivity contribution is -0.147. The van der Waals surface area contributed by atoms with Gasteiger partial charge in [0.25, 0.3) is 5.91 Å². The number of methoxy groups -OCH3 is 1. The predicted molar refractivity (Wildman–Crippen MR) is 114 cm³/mol. The van der Waals surface area contributed by atoms with Gasteiger partial charge < -0.3 is 24.3 Å². The maximum atomic E-state index is 13.2. The molecule has 164 valence electrons. The van der Waals surface area contributed by atoms with Crippen LogP contribution >= 0.6 is 0 Å². The summed E-state index contributed by atoms with van der Waals surface area (Å²) in [6.07, 6.45) is 5.33. The number of fused-ring (bicyclic) bond motifs is 1. The Hall–Kier alpha value is -2.03. The first-order valence-electron chi connectivity index (χ1n) is 11.1. The minimum absolute atomic E-state index is 0.0745. The molecule has 0 spiro atoms.